The van der Waals surface area contributed by atoms with Crippen molar-refractivity contribution >= 4 is 38.9 Å². The van der Waals surface area contributed by atoms with Crippen LogP contribution in [0.25, 0.3) is 0 Å². The second-order valence-electron chi connectivity index (χ2n) is 7.63. The number of aryl methyl sites for hydroxylation is 4. The van der Waals surface area contributed by atoms with E-state index >= 15 is 0 Å². The lowest BCUT2D eigenvalue weighted by molar-refractivity contribution is -0.114. The van der Waals surface area contributed by atoms with Crippen molar-refractivity contribution in [3.63, 3.8) is 0 Å². The van der Waals surface area contributed by atoms with Gasteiger partial charge < -0.3 is 5.32 Å². The Bertz CT molecular complexity index is 1220. The third kappa shape index (κ3) is 5.27. The SMILES string of the molecule is Cc1ccc(S(=O)(=O)N(CC(=O)Nc2ccc(C)c(Cl)c2)c2cc(C)ccc2C)cc1. The fourth-order valence-corrected chi connectivity index (χ4v) is 4.78. The zero-order valence-electron chi connectivity index (χ0n) is 17.9. The van der Waals surface area contributed by atoms with Crippen molar-refractivity contribution in [2.75, 3.05) is 16.2 Å². The zero-order valence-corrected chi connectivity index (χ0v) is 19.5. The van der Waals surface area contributed by atoms with E-state index < -0.39 is 15.9 Å². The quantitative estimate of drug-likeness (QED) is 0.539. The number of hydrogen-bond acceptors (Lipinski definition) is 3. The number of rotatable bonds is 6. The molecule has 0 atom stereocenters. The number of sulfonamides is 1. The topological polar surface area (TPSA) is 66.5 Å². The molecule has 5 nitrogen and oxygen atoms in total. The highest BCUT2D eigenvalue weighted by molar-refractivity contribution is 7.92. The molecule has 0 radical (unpaired) electrons. The van der Waals surface area contributed by atoms with Crippen LogP contribution in [-0.4, -0.2) is 20.9 Å². The highest BCUT2D eigenvalue weighted by atomic mass is 35.5. The van der Waals surface area contributed by atoms with E-state index in [9.17, 15) is 13.2 Å². The lowest BCUT2D eigenvalue weighted by atomic mass is 10.1. The van der Waals surface area contributed by atoms with Gasteiger partial charge in [0, 0.05) is 10.7 Å². The number of carbonyl (C=O) groups is 1. The van der Waals surface area contributed by atoms with E-state index in [1.165, 1.54) is 0 Å². The maximum atomic E-state index is 13.5. The number of carbonyl (C=O) groups excluding carboxylic acids is 1. The predicted octanol–water partition coefficient (Wildman–Crippen LogP) is 5.41. The lowest BCUT2D eigenvalue weighted by Crippen LogP contribution is -2.38. The van der Waals surface area contributed by atoms with Crippen LogP contribution < -0.4 is 9.62 Å². The van der Waals surface area contributed by atoms with Crippen LogP contribution in [0.4, 0.5) is 11.4 Å². The Hall–Kier alpha value is -2.83. The van der Waals surface area contributed by atoms with Gasteiger partial charge in [-0.3, -0.25) is 9.10 Å². The Balaban J connectivity index is 1.99. The lowest BCUT2D eigenvalue weighted by Gasteiger charge is -2.26. The third-order valence-corrected chi connectivity index (χ3v) is 7.17. The number of hydrogen-bond donors (Lipinski definition) is 1. The standard InChI is InChI=1S/C24H25ClN2O3S/c1-16-6-11-21(12-7-16)31(29,30)27(23-13-17(2)5-8-19(23)4)15-24(28)26-20-10-9-18(3)22(25)14-20/h5-14H,15H2,1-4H3,(H,26,28). The van der Waals surface area contributed by atoms with Gasteiger partial charge in [-0.05, 0) is 74.7 Å². The largest absolute Gasteiger partial charge is 0.324 e. The van der Waals surface area contributed by atoms with E-state index in [4.69, 9.17) is 11.6 Å². The van der Waals surface area contributed by atoms with E-state index in [1.54, 1.807) is 48.5 Å². The van der Waals surface area contributed by atoms with Crippen LogP contribution in [0.2, 0.25) is 5.02 Å². The molecule has 3 aromatic carbocycles. The third-order valence-electron chi connectivity index (χ3n) is 4.99. The van der Waals surface area contributed by atoms with Gasteiger partial charge in [-0.15, -0.1) is 0 Å². The second-order valence-corrected chi connectivity index (χ2v) is 9.90. The summed E-state index contributed by atoms with van der Waals surface area (Å²) < 4.78 is 28.2. The molecule has 0 bridgehead atoms. The van der Waals surface area contributed by atoms with Gasteiger partial charge >= 0.3 is 0 Å². The molecule has 0 spiro atoms. The summed E-state index contributed by atoms with van der Waals surface area (Å²) in [5.41, 5.74) is 4.47. The molecule has 0 aromatic heterocycles. The minimum absolute atomic E-state index is 0.130. The van der Waals surface area contributed by atoms with E-state index in [-0.39, 0.29) is 11.4 Å². The highest BCUT2D eigenvalue weighted by Gasteiger charge is 2.28. The molecule has 1 N–H and O–H groups in total. The Morgan fingerprint density at radius 1 is 0.871 bits per heavy atom. The second kappa shape index (κ2) is 9.12. The first-order chi connectivity index (χ1) is 14.6. The number of benzene rings is 3. The zero-order chi connectivity index (χ0) is 22.8. The molecule has 3 rings (SSSR count). The van der Waals surface area contributed by atoms with E-state index in [0.717, 1.165) is 26.6 Å². The Morgan fingerprint density at radius 3 is 2.13 bits per heavy atom. The molecule has 3 aromatic rings. The molecule has 0 saturated carbocycles. The molecule has 0 unspecified atom stereocenters. The normalized spacial score (nSPS) is 11.3. The van der Waals surface area contributed by atoms with Gasteiger partial charge in [0.05, 0.1) is 10.6 Å². The van der Waals surface area contributed by atoms with Crippen LogP contribution in [0.1, 0.15) is 22.3 Å². The summed E-state index contributed by atoms with van der Waals surface area (Å²) in [6.45, 7) is 7.09. The van der Waals surface area contributed by atoms with Gasteiger partial charge in [0.1, 0.15) is 6.54 Å². The van der Waals surface area contributed by atoms with Crippen molar-refractivity contribution in [1.29, 1.82) is 0 Å². The fraction of sp³-hybridized carbons (Fsp3) is 0.208. The summed E-state index contributed by atoms with van der Waals surface area (Å²) in [4.78, 5) is 13.0. The summed E-state index contributed by atoms with van der Waals surface area (Å²) in [5.74, 6) is -0.462. The first kappa shape index (κ1) is 22.8. The predicted molar refractivity (Wildman–Crippen MR) is 126 cm³/mol. The van der Waals surface area contributed by atoms with Crippen molar-refractivity contribution in [2.45, 2.75) is 32.6 Å². The van der Waals surface area contributed by atoms with Crippen molar-refractivity contribution in [2.24, 2.45) is 0 Å². The number of anilines is 2. The first-order valence-electron chi connectivity index (χ1n) is 9.80. The van der Waals surface area contributed by atoms with Crippen molar-refractivity contribution in [3.8, 4) is 0 Å². The molecule has 0 saturated heterocycles. The molecule has 0 fully saturated rings. The minimum atomic E-state index is -3.97. The van der Waals surface area contributed by atoms with Gasteiger partial charge in [0.25, 0.3) is 10.0 Å². The Morgan fingerprint density at radius 2 is 1.48 bits per heavy atom. The summed E-state index contributed by atoms with van der Waals surface area (Å²) in [6, 6.07) is 17.3. The molecule has 7 heteroatoms. The van der Waals surface area contributed by atoms with Gasteiger partial charge in [-0.25, -0.2) is 8.42 Å². The van der Waals surface area contributed by atoms with Crippen molar-refractivity contribution in [3.05, 3.63) is 87.9 Å². The molecular weight excluding hydrogens is 432 g/mol. The van der Waals surface area contributed by atoms with Gasteiger partial charge in [0.2, 0.25) is 5.91 Å². The number of amides is 1. The van der Waals surface area contributed by atoms with Gasteiger partial charge in [0.15, 0.2) is 0 Å². The summed E-state index contributed by atoms with van der Waals surface area (Å²) in [7, 11) is -3.97. The average Bonchev–Trinajstić information content (AvgIpc) is 2.71. The monoisotopic (exact) mass is 456 g/mol. The van der Waals surface area contributed by atoms with Crippen molar-refractivity contribution < 1.29 is 13.2 Å². The van der Waals surface area contributed by atoms with E-state index in [2.05, 4.69) is 5.32 Å². The van der Waals surface area contributed by atoms with Crippen molar-refractivity contribution in [1.82, 2.24) is 0 Å². The molecule has 0 aliphatic carbocycles. The van der Waals surface area contributed by atoms with Crippen LogP contribution in [0.15, 0.2) is 65.6 Å². The van der Waals surface area contributed by atoms with E-state index in [0.29, 0.717) is 16.4 Å². The minimum Gasteiger partial charge on any atom is -0.324 e. The van der Waals surface area contributed by atoms with Crippen LogP contribution in [0, 0.1) is 27.7 Å². The smallest absolute Gasteiger partial charge is 0.264 e. The van der Waals surface area contributed by atoms with Crippen LogP contribution in [0.5, 0.6) is 0 Å². The number of nitrogens with zero attached hydrogens (tertiary/aromatic N) is 1. The molecule has 0 aliphatic rings. The Labute approximate surface area is 188 Å². The number of halogens is 1. The Kier molecular flexibility index (Phi) is 6.72. The van der Waals surface area contributed by atoms with E-state index in [1.807, 2.05) is 39.8 Å². The summed E-state index contributed by atoms with van der Waals surface area (Å²) in [6.07, 6.45) is 0. The maximum absolute atomic E-state index is 13.5. The average molecular weight is 457 g/mol. The molecule has 162 valence electrons. The molecule has 1 amide bonds. The van der Waals surface area contributed by atoms with Gasteiger partial charge in [-0.1, -0.05) is 47.5 Å². The maximum Gasteiger partial charge on any atom is 0.264 e. The molecule has 31 heavy (non-hydrogen) atoms. The van der Waals surface area contributed by atoms with Gasteiger partial charge in [-0.2, -0.15) is 0 Å². The van der Waals surface area contributed by atoms with Crippen LogP contribution in [0.3, 0.4) is 0 Å². The molecule has 0 aliphatic heterocycles. The fourth-order valence-electron chi connectivity index (χ4n) is 3.13. The first-order valence-corrected chi connectivity index (χ1v) is 11.6. The van der Waals surface area contributed by atoms with Crippen LogP contribution in [-0.2, 0) is 14.8 Å². The molecule has 0 heterocycles. The van der Waals surface area contributed by atoms with Crippen LogP contribution >= 0.6 is 11.6 Å². The summed E-state index contributed by atoms with van der Waals surface area (Å²) >= 11 is 6.14. The highest BCUT2D eigenvalue weighted by Crippen LogP contribution is 2.28. The number of nitrogens with one attached hydrogen (secondary N) is 1. The molecular formula is C24H25ClN2O3S. The summed E-state index contributed by atoms with van der Waals surface area (Å²) in [5, 5.41) is 3.27.